The summed E-state index contributed by atoms with van der Waals surface area (Å²) < 4.78 is 25.1. The van der Waals surface area contributed by atoms with Crippen LogP contribution in [0.25, 0.3) is 0 Å². The van der Waals surface area contributed by atoms with Gasteiger partial charge in [0, 0.05) is 19.6 Å². The van der Waals surface area contributed by atoms with E-state index >= 15 is 0 Å². The van der Waals surface area contributed by atoms with Crippen molar-refractivity contribution in [3.63, 3.8) is 0 Å². The van der Waals surface area contributed by atoms with E-state index in [9.17, 15) is 8.42 Å². The number of hydrogen-bond acceptors (Lipinski definition) is 3. The van der Waals surface area contributed by atoms with E-state index in [2.05, 4.69) is 10.3 Å². The van der Waals surface area contributed by atoms with Crippen molar-refractivity contribution in [3.05, 3.63) is 29.8 Å². The molecular weight excluding hydrogens is 415 g/mol. The summed E-state index contributed by atoms with van der Waals surface area (Å²) in [6.07, 6.45) is 0. The fourth-order valence-electron chi connectivity index (χ4n) is 1.58. The Balaban J connectivity index is 0.00000441. The van der Waals surface area contributed by atoms with Crippen LogP contribution in [0, 0.1) is 0 Å². The lowest BCUT2D eigenvalue weighted by Gasteiger charge is -2.21. The topological polar surface area (TPSA) is 87.8 Å². The highest BCUT2D eigenvalue weighted by atomic mass is 127. The minimum absolute atomic E-state index is 0. The zero-order valence-electron chi connectivity index (χ0n) is 13.6. The molecule has 0 saturated heterocycles. The molecule has 0 bridgehead atoms. The molecule has 0 aromatic heterocycles. The van der Waals surface area contributed by atoms with Crippen LogP contribution in [-0.4, -0.2) is 38.3 Å². The molecule has 0 amide bonds. The molecule has 0 saturated carbocycles. The van der Waals surface area contributed by atoms with Gasteiger partial charge in [-0.3, -0.25) is 0 Å². The van der Waals surface area contributed by atoms with Crippen molar-refractivity contribution in [1.82, 2.24) is 9.62 Å². The van der Waals surface area contributed by atoms with E-state index in [1.807, 2.05) is 20.8 Å². The van der Waals surface area contributed by atoms with Gasteiger partial charge in [0.1, 0.15) is 0 Å². The average Bonchev–Trinajstić information content (AvgIpc) is 2.34. The third kappa shape index (κ3) is 6.49. The summed E-state index contributed by atoms with van der Waals surface area (Å²) in [6, 6.07) is 6.63. The predicted octanol–water partition coefficient (Wildman–Crippen LogP) is 1.76. The lowest BCUT2D eigenvalue weighted by atomic mass is 10.1. The number of sulfonamides is 1. The van der Waals surface area contributed by atoms with Crippen LogP contribution in [0.15, 0.2) is 34.2 Å². The van der Waals surface area contributed by atoms with Crippen molar-refractivity contribution in [2.24, 2.45) is 10.7 Å². The Bertz CT molecular complexity index is 605. The van der Waals surface area contributed by atoms with Gasteiger partial charge in [0.2, 0.25) is 10.0 Å². The van der Waals surface area contributed by atoms with Crippen LogP contribution in [0.1, 0.15) is 26.3 Å². The molecule has 0 aliphatic heterocycles. The first-order valence-electron chi connectivity index (χ1n) is 6.62. The lowest BCUT2D eigenvalue weighted by molar-refractivity contribution is 0.508. The van der Waals surface area contributed by atoms with Gasteiger partial charge < -0.3 is 11.1 Å². The van der Waals surface area contributed by atoms with Gasteiger partial charge in [-0.05, 0) is 38.5 Å². The average molecular weight is 440 g/mol. The minimum Gasteiger partial charge on any atom is -0.370 e. The Labute approximate surface area is 150 Å². The molecule has 22 heavy (non-hydrogen) atoms. The second kappa shape index (κ2) is 8.11. The summed E-state index contributed by atoms with van der Waals surface area (Å²) in [5.74, 6) is 0.368. The number of rotatable bonds is 4. The Morgan fingerprint density at radius 1 is 1.23 bits per heavy atom. The molecule has 1 rings (SSSR count). The highest BCUT2D eigenvalue weighted by molar-refractivity contribution is 14.0. The maximum absolute atomic E-state index is 11.9. The number of nitrogens with zero attached hydrogens (tertiary/aromatic N) is 2. The first-order valence-corrected chi connectivity index (χ1v) is 8.06. The zero-order chi connectivity index (χ0) is 16.3. The monoisotopic (exact) mass is 440 g/mol. The van der Waals surface area contributed by atoms with Crippen LogP contribution in [0.4, 0.5) is 0 Å². The molecule has 0 fully saturated rings. The molecule has 0 radical (unpaired) electrons. The minimum atomic E-state index is -3.39. The second-order valence-corrected chi connectivity index (χ2v) is 8.16. The van der Waals surface area contributed by atoms with Gasteiger partial charge in [0.05, 0.1) is 11.4 Å². The summed E-state index contributed by atoms with van der Waals surface area (Å²) in [6.45, 7) is 6.39. The lowest BCUT2D eigenvalue weighted by Crippen LogP contribution is -2.44. The Kier molecular flexibility index (Phi) is 7.79. The van der Waals surface area contributed by atoms with Gasteiger partial charge in [0.25, 0.3) is 0 Å². The van der Waals surface area contributed by atoms with Gasteiger partial charge >= 0.3 is 0 Å². The van der Waals surface area contributed by atoms with E-state index in [0.29, 0.717) is 12.5 Å². The number of aliphatic imine (C=N–C) groups is 1. The maximum atomic E-state index is 11.9. The van der Waals surface area contributed by atoms with Crippen LogP contribution in [0.5, 0.6) is 0 Å². The first kappa shape index (κ1) is 21.1. The molecule has 0 aliphatic rings. The van der Waals surface area contributed by atoms with E-state index in [-0.39, 0.29) is 34.4 Å². The predicted molar refractivity (Wildman–Crippen MR) is 101 cm³/mol. The molecule has 3 N–H and O–H groups in total. The number of nitrogens with two attached hydrogens (primary N) is 1. The summed E-state index contributed by atoms with van der Waals surface area (Å²) >= 11 is 0. The largest absolute Gasteiger partial charge is 0.370 e. The Morgan fingerprint density at radius 3 is 2.14 bits per heavy atom. The number of guanidine groups is 1. The Morgan fingerprint density at radius 2 is 1.73 bits per heavy atom. The third-order valence-electron chi connectivity index (χ3n) is 2.64. The van der Waals surface area contributed by atoms with E-state index in [0.717, 1.165) is 5.56 Å². The standard InChI is InChI=1S/C14H24N4O2S.HI/c1-14(2,3)17-13(15)16-10-11-6-8-12(9-7-11)21(19,20)18(4)5;/h6-9H,10H2,1-5H3,(H3,15,16,17);1H. The highest BCUT2D eigenvalue weighted by Gasteiger charge is 2.16. The molecule has 6 nitrogen and oxygen atoms in total. The van der Waals surface area contributed by atoms with Crippen LogP contribution in [0.2, 0.25) is 0 Å². The van der Waals surface area contributed by atoms with E-state index in [4.69, 9.17) is 5.73 Å². The smallest absolute Gasteiger partial charge is 0.242 e. The fourth-order valence-corrected chi connectivity index (χ4v) is 2.48. The van der Waals surface area contributed by atoms with Crippen molar-refractivity contribution >= 4 is 40.0 Å². The molecular formula is C14H25IN4O2S. The van der Waals surface area contributed by atoms with Crippen molar-refractivity contribution in [3.8, 4) is 0 Å². The summed E-state index contributed by atoms with van der Waals surface area (Å²) in [5, 5.41) is 3.07. The van der Waals surface area contributed by atoms with Crippen molar-refractivity contribution in [2.45, 2.75) is 37.8 Å². The molecule has 0 heterocycles. The molecule has 0 spiro atoms. The van der Waals surface area contributed by atoms with Gasteiger partial charge in [-0.25, -0.2) is 17.7 Å². The van der Waals surface area contributed by atoms with Gasteiger partial charge in [-0.15, -0.1) is 24.0 Å². The second-order valence-electron chi connectivity index (χ2n) is 6.01. The summed E-state index contributed by atoms with van der Waals surface area (Å²) in [5.41, 5.74) is 6.54. The summed E-state index contributed by atoms with van der Waals surface area (Å²) in [4.78, 5) is 4.50. The van der Waals surface area contributed by atoms with Gasteiger partial charge in [-0.1, -0.05) is 12.1 Å². The number of nitrogens with one attached hydrogen (secondary N) is 1. The maximum Gasteiger partial charge on any atom is 0.242 e. The molecule has 8 heteroatoms. The van der Waals surface area contributed by atoms with Gasteiger partial charge in [0.15, 0.2) is 5.96 Å². The highest BCUT2D eigenvalue weighted by Crippen LogP contribution is 2.14. The Hall–Kier alpha value is -0.870. The number of hydrogen-bond donors (Lipinski definition) is 2. The van der Waals surface area contributed by atoms with Crippen LogP contribution < -0.4 is 11.1 Å². The van der Waals surface area contributed by atoms with Gasteiger partial charge in [-0.2, -0.15) is 0 Å². The third-order valence-corrected chi connectivity index (χ3v) is 4.47. The first-order chi connectivity index (χ1) is 9.52. The van der Waals surface area contributed by atoms with Crippen LogP contribution >= 0.6 is 24.0 Å². The van der Waals surface area contributed by atoms with E-state index in [1.165, 1.54) is 18.4 Å². The normalized spacial score (nSPS) is 12.9. The molecule has 0 unspecified atom stereocenters. The molecule has 0 atom stereocenters. The molecule has 1 aromatic carbocycles. The number of halogens is 1. The quantitative estimate of drug-likeness (QED) is 0.425. The van der Waals surface area contributed by atoms with Crippen LogP contribution in [0.3, 0.4) is 0 Å². The zero-order valence-corrected chi connectivity index (χ0v) is 16.8. The van der Waals surface area contributed by atoms with E-state index < -0.39 is 10.0 Å². The van der Waals surface area contributed by atoms with Crippen molar-refractivity contribution in [2.75, 3.05) is 14.1 Å². The molecule has 0 aliphatic carbocycles. The van der Waals surface area contributed by atoms with Crippen molar-refractivity contribution < 1.29 is 8.42 Å². The number of benzene rings is 1. The van der Waals surface area contributed by atoms with Crippen LogP contribution in [-0.2, 0) is 16.6 Å². The van der Waals surface area contributed by atoms with E-state index in [1.54, 1.807) is 24.3 Å². The fraction of sp³-hybridized carbons (Fsp3) is 0.500. The van der Waals surface area contributed by atoms with Crippen molar-refractivity contribution in [1.29, 1.82) is 0 Å². The molecule has 126 valence electrons. The molecule has 1 aromatic rings. The summed E-state index contributed by atoms with van der Waals surface area (Å²) in [7, 11) is -0.376. The SMILES string of the molecule is CN(C)S(=O)(=O)c1ccc(CN=C(N)NC(C)(C)C)cc1.I.